The van der Waals surface area contributed by atoms with E-state index < -0.39 is 11.6 Å². The molecule has 0 saturated carbocycles. The van der Waals surface area contributed by atoms with E-state index in [0.29, 0.717) is 12.2 Å². The van der Waals surface area contributed by atoms with E-state index in [0.717, 1.165) is 0 Å². The van der Waals surface area contributed by atoms with E-state index in [1.165, 1.54) is 6.07 Å². The summed E-state index contributed by atoms with van der Waals surface area (Å²) < 4.78 is 18.8. The molecule has 1 fully saturated rings. The molecule has 3 nitrogen and oxygen atoms in total. The lowest BCUT2D eigenvalue weighted by Gasteiger charge is -2.33. The Morgan fingerprint density at radius 2 is 2.12 bits per heavy atom. The van der Waals surface area contributed by atoms with Gasteiger partial charge in [0.15, 0.2) is 0 Å². The van der Waals surface area contributed by atoms with E-state index in [1.54, 1.807) is 25.1 Å². The lowest BCUT2D eigenvalue weighted by atomic mass is 9.78. The molecule has 0 unspecified atom stereocenters. The van der Waals surface area contributed by atoms with E-state index >= 15 is 0 Å². The van der Waals surface area contributed by atoms with Crippen LogP contribution in [0.3, 0.4) is 0 Å². The zero-order valence-corrected chi connectivity index (χ0v) is 9.19. The monoisotopic (exact) mass is 225 g/mol. The molecule has 0 bridgehead atoms. The Hall–Kier alpha value is -0.970. The fraction of sp³-hybridized carbons (Fsp3) is 0.500. The van der Waals surface area contributed by atoms with Gasteiger partial charge in [-0.05, 0) is 13.0 Å². The van der Waals surface area contributed by atoms with Crippen molar-refractivity contribution in [3.63, 3.8) is 0 Å². The van der Waals surface area contributed by atoms with Crippen LogP contribution in [0.5, 0.6) is 0 Å². The number of ether oxygens (including phenoxy) is 1. The van der Waals surface area contributed by atoms with Crippen molar-refractivity contribution in [3.8, 4) is 0 Å². The smallest absolute Gasteiger partial charge is 0.128 e. The largest absolute Gasteiger partial charge is 0.390 e. The highest BCUT2D eigenvalue weighted by molar-refractivity contribution is 5.26. The van der Waals surface area contributed by atoms with Crippen LogP contribution in [0.25, 0.3) is 0 Å². The van der Waals surface area contributed by atoms with Crippen LogP contribution in [0, 0.1) is 11.7 Å². The average molecular weight is 225 g/mol. The number of benzene rings is 1. The zero-order chi connectivity index (χ0) is 11.8. The second kappa shape index (κ2) is 4.13. The van der Waals surface area contributed by atoms with Crippen LogP contribution in [0.15, 0.2) is 24.3 Å². The van der Waals surface area contributed by atoms with Gasteiger partial charge in [-0.1, -0.05) is 18.2 Å². The van der Waals surface area contributed by atoms with Crippen molar-refractivity contribution in [2.24, 2.45) is 11.7 Å². The Labute approximate surface area is 94.0 Å². The first kappa shape index (κ1) is 11.5. The molecule has 16 heavy (non-hydrogen) atoms. The van der Waals surface area contributed by atoms with Crippen LogP contribution in [-0.2, 0) is 10.3 Å². The number of aliphatic hydroxyl groups excluding tert-OH is 1. The van der Waals surface area contributed by atoms with Gasteiger partial charge >= 0.3 is 0 Å². The maximum Gasteiger partial charge on any atom is 0.128 e. The van der Waals surface area contributed by atoms with E-state index in [2.05, 4.69) is 0 Å². The molecule has 1 aliphatic heterocycles. The maximum absolute atomic E-state index is 13.7. The van der Waals surface area contributed by atoms with Gasteiger partial charge in [-0.15, -0.1) is 0 Å². The maximum atomic E-state index is 13.7. The highest BCUT2D eigenvalue weighted by Gasteiger charge is 2.41. The van der Waals surface area contributed by atoms with Crippen LogP contribution >= 0.6 is 0 Å². The summed E-state index contributed by atoms with van der Waals surface area (Å²) in [6.07, 6.45) is -0.630. The van der Waals surface area contributed by atoms with Crippen molar-refractivity contribution in [2.45, 2.75) is 18.6 Å². The fourth-order valence-electron chi connectivity index (χ4n) is 2.21. The molecule has 1 saturated heterocycles. The standard InChI is InChI=1S/C12H16FNO2/c1-12(14,9-6-16-7-11(9)15)8-4-2-3-5-10(8)13/h2-5,9,11,15H,6-7,14H2,1H3/t9-,11+,12+/m0/s1. The SMILES string of the molecule is C[C@@](N)(c1ccccc1F)[C@H]1COC[C@H]1O. The number of halogens is 1. The quantitative estimate of drug-likeness (QED) is 0.789. The average Bonchev–Trinajstić information content (AvgIpc) is 2.65. The van der Waals surface area contributed by atoms with E-state index in [1.807, 2.05) is 0 Å². The van der Waals surface area contributed by atoms with Crippen LogP contribution in [-0.4, -0.2) is 24.4 Å². The number of hydrogen-bond acceptors (Lipinski definition) is 3. The third-order valence-corrected chi connectivity index (χ3v) is 3.27. The van der Waals surface area contributed by atoms with Gasteiger partial charge in [0.25, 0.3) is 0 Å². The van der Waals surface area contributed by atoms with E-state index in [4.69, 9.17) is 10.5 Å². The van der Waals surface area contributed by atoms with Crippen LogP contribution in [0.4, 0.5) is 4.39 Å². The van der Waals surface area contributed by atoms with Crippen molar-refractivity contribution in [1.29, 1.82) is 0 Å². The minimum absolute atomic E-state index is 0.270. The molecule has 0 amide bonds. The van der Waals surface area contributed by atoms with Crippen molar-refractivity contribution in [2.75, 3.05) is 13.2 Å². The summed E-state index contributed by atoms with van der Waals surface area (Å²) >= 11 is 0. The molecule has 3 atom stereocenters. The topological polar surface area (TPSA) is 55.5 Å². The van der Waals surface area contributed by atoms with Crippen molar-refractivity contribution in [3.05, 3.63) is 35.6 Å². The summed E-state index contributed by atoms with van der Waals surface area (Å²) in [5.74, 6) is -0.615. The normalized spacial score (nSPS) is 29.0. The fourth-order valence-corrected chi connectivity index (χ4v) is 2.21. The van der Waals surface area contributed by atoms with Crippen LogP contribution in [0.2, 0.25) is 0 Å². The zero-order valence-electron chi connectivity index (χ0n) is 9.19. The first-order chi connectivity index (χ1) is 7.53. The first-order valence-corrected chi connectivity index (χ1v) is 5.33. The predicted octanol–water partition coefficient (Wildman–Crippen LogP) is 1.01. The van der Waals surface area contributed by atoms with Gasteiger partial charge < -0.3 is 15.6 Å². The molecule has 3 N–H and O–H groups in total. The molecular weight excluding hydrogens is 209 g/mol. The molecule has 4 heteroatoms. The van der Waals surface area contributed by atoms with Crippen LogP contribution in [0.1, 0.15) is 12.5 Å². The summed E-state index contributed by atoms with van der Waals surface area (Å²) in [7, 11) is 0. The molecule has 0 aromatic heterocycles. The van der Waals surface area contributed by atoms with Gasteiger partial charge in [-0.25, -0.2) is 4.39 Å². The Balaban J connectivity index is 2.34. The van der Waals surface area contributed by atoms with Gasteiger partial charge in [-0.3, -0.25) is 0 Å². The molecule has 1 aliphatic rings. The Kier molecular flexibility index (Phi) is 2.97. The van der Waals surface area contributed by atoms with E-state index in [-0.39, 0.29) is 18.3 Å². The molecule has 1 heterocycles. The number of aliphatic hydroxyl groups is 1. The highest BCUT2D eigenvalue weighted by Crippen LogP contribution is 2.33. The lowest BCUT2D eigenvalue weighted by Crippen LogP contribution is -2.46. The third-order valence-electron chi connectivity index (χ3n) is 3.27. The molecule has 1 aromatic rings. The van der Waals surface area contributed by atoms with E-state index in [9.17, 15) is 9.50 Å². The minimum atomic E-state index is -0.915. The Morgan fingerprint density at radius 3 is 2.69 bits per heavy atom. The summed E-state index contributed by atoms with van der Waals surface area (Å²) in [5, 5.41) is 9.75. The molecule has 0 spiro atoms. The molecular formula is C12H16FNO2. The summed E-state index contributed by atoms with van der Waals surface area (Å²) in [5.41, 5.74) is 5.66. The predicted molar refractivity (Wildman–Crippen MR) is 58.3 cm³/mol. The summed E-state index contributed by atoms with van der Waals surface area (Å²) in [4.78, 5) is 0. The number of rotatable bonds is 2. The second-order valence-electron chi connectivity index (χ2n) is 4.47. The Morgan fingerprint density at radius 1 is 1.44 bits per heavy atom. The number of nitrogens with two attached hydrogens (primary N) is 1. The first-order valence-electron chi connectivity index (χ1n) is 5.33. The number of hydrogen-bond donors (Lipinski definition) is 2. The van der Waals surface area contributed by atoms with Crippen molar-refractivity contribution < 1.29 is 14.2 Å². The minimum Gasteiger partial charge on any atom is -0.390 e. The molecule has 0 aliphatic carbocycles. The molecule has 88 valence electrons. The Bertz CT molecular complexity index is 381. The van der Waals surface area contributed by atoms with Gasteiger partial charge in [0.2, 0.25) is 0 Å². The van der Waals surface area contributed by atoms with Crippen LogP contribution < -0.4 is 5.73 Å². The summed E-state index contributed by atoms with van der Waals surface area (Å²) in [6, 6.07) is 6.39. The van der Waals surface area contributed by atoms with Gasteiger partial charge in [0.05, 0.1) is 19.3 Å². The highest BCUT2D eigenvalue weighted by atomic mass is 19.1. The van der Waals surface area contributed by atoms with Gasteiger partial charge in [0, 0.05) is 17.0 Å². The van der Waals surface area contributed by atoms with Crippen molar-refractivity contribution in [1.82, 2.24) is 0 Å². The molecule has 0 radical (unpaired) electrons. The summed E-state index contributed by atoms with van der Waals surface area (Å²) in [6.45, 7) is 2.36. The van der Waals surface area contributed by atoms with Gasteiger partial charge in [0.1, 0.15) is 5.82 Å². The van der Waals surface area contributed by atoms with Gasteiger partial charge in [-0.2, -0.15) is 0 Å². The third kappa shape index (κ3) is 1.84. The van der Waals surface area contributed by atoms with Crippen molar-refractivity contribution >= 4 is 0 Å². The molecule has 1 aromatic carbocycles. The second-order valence-corrected chi connectivity index (χ2v) is 4.47. The lowest BCUT2D eigenvalue weighted by molar-refractivity contribution is 0.0970. The molecule has 2 rings (SSSR count).